The first kappa shape index (κ1) is 27.3. The van der Waals surface area contributed by atoms with Crippen LogP contribution in [0.5, 0.6) is 11.5 Å². The van der Waals surface area contributed by atoms with Gasteiger partial charge in [-0.2, -0.15) is 0 Å². The molecule has 1 aliphatic rings. The van der Waals surface area contributed by atoms with Crippen molar-refractivity contribution in [1.82, 2.24) is 4.57 Å². The van der Waals surface area contributed by atoms with Crippen LogP contribution in [-0.2, 0) is 14.3 Å². The third kappa shape index (κ3) is 5.58. The summed E-state index contributed by atoms with van der Waals surface area (Å²) in [6, 6.07) is 11.3. The van der Waals surface area contributed by atoms with Crippen molar-refractivity contribution in [3.8, 4) is 11.5 Å². The van der Waals surface area contributed by atoms with Crippen molar-refractivity contribution in [2.75, 3.05) is 13.7 Å². The Kier molecular flexibility index (Phi) is 8.18. The Labute approximate surface area is 228 Å². The fraction of sp³-hybridized carbons (Fsp3) is 0.286. The number of methoxy groups -OCH3 is 1. The van der Waals surface area contributed by atoms with Crippen LogP contribution >= 0.6 is 22.9 Å². The minimum atomic E-state index is -0.848. The molecule has 1 aliphatic heterocycles. The summed E-state index contributed by atoms with van der Waals surface area (Å²) in [5, 5.41) is 0.509. The van der Waals surface area contributed by atoms with Crippen LogP contribution in [0.25, 0.3) is 6.08 Å². The minimum Gasteiger partial charge on any atom is -0.493 e. The van der Waals surface area contributed by atoms with Crippen LogP contribution in [-0.4, -0.2) is 30.2 Å². The predicted molar refractivity (Wildman–Crippen MR) is 145 cm³/mol. The highest BCUT2D eigenvalue weighted by atomic mass is 35.5. The molecule has 0 N–H and O–H groups in total. The van der Waals surface area contributed by atoms with E-state index in [4.69, 9.17) is 25.8 Å². The zero-order valence-corrected chi connectivity index (χ0v) is 23.2. The second-order valence-corrected chi connectivity index (χ2v) is 10.5. The lowest BCUT2D eigenvalue weighted by Crippen LogP contribution is -2.40. The van der Waals surface area contributed by atoms with Crippen LogP contribution in [0.1, 0.15) is 44.9 Å². The number of carbonyl (C=O) groups is 2. The zero-order valence-electron chi connectivity index (χ0n) is 21.6. The second kappa shape index (κ2) is 11.4. The molecule has 3 aromatic rings. The van der Waals surface area contributed by atoms with E-state index in [0.29, 0.717) is 31.2 Å². The van der Waals surface area contributed by atoms with Gasteiger partial charge in [0.05, 0.1) is 35.6 Å². The van der Waals surface area contributed by atoms with E-state index in [1.165, 1.54) is 29.9 Å². The Bertz CT molecular complexity index is 1620. The topological polar surface area (TPSA) is 96.2 Å². The molecule has 0 saturated carbocycles. The first-order valence-corrected chi connectivity index (χ1v) is 13.1. The number of halogens is 1. The van der Waals surface area contributed by atoms with Gasteiger partial charge in [0, 0.05) is 11.9 Å². The first-order valence-electron chi connectivity index (χ1n) is 11.9. The smallest absolute Gasteiger partial charge is 0.338 e. The van der Waals surface area contributed by atoms with Gasteiger partial charge in [-0.05, 0) is 48.2 Å². The van der Waals surface area contributed by atoms with Crippen molar-refractivity contribution in [3.05, 3.63) is 89.6 Å². The predicted octanol–water partition coefficient (Wildman–Crippen LogP) is 4.02. The minimum absolute atomic E-state index is 0.123. The quantitative estimate of drug-likeness (QED) is 0.323. The van der Waals surface area contributed by atoms with Gasteiger partial charge in [0.2, 0.25) is 0 Å². The Morgan fingerprint density at radius 3 is 2.58 bits per heavy atom. The number of fused-ring (bicyclic) bond motifs is 1. The highest BCUT2D eigenvalue weighted by Gasteiger charge is 2.34. The van der Waals surface area contributed by atoms with Gasteiger partial charge in [-0.25, -0.2) is 9.79 Å². The van der Waals surface area contributed by atoms with E-state index in [-0.39, 0.29) is 35.2 Å². The molecule has 198 valence electrons. The number of hydrogen-bond donors (Lipinski definition) is 0. The van der Waals surface area contributed by atoms with E-state index in [1.807, 2.05) is 32.0 Å². The molecule has 1 unspecified atom stereocenters. The number of carbonyl (C=O) groups excluding carboxylic acids is 2. The van der Waals surface area contributed by atoms with Crippen molar-refractivity contribution in [3.63, 3.8) is 0 Å². The summed E-state index contributed by atoms with van der Waals surface area (Å²) >= 11 is 7.54. The summed E-state index contributed by atoms with van der Waals surface area (Å²) in [7, 11) is 1.44. The third-order valence-corrected chi connectivity index (χ3v) is 7.07. The molecule has 0 saturated heterocycles. The maximum atomic E-state index is 13.8. The highest BCUT2D eigenvalue weighted by molar-refractivity contribution is 7.07. The number of benzene rings is 2. The molecule has 2 heterocycles. The van der Waals surface area contributed by atoms with Gasteiger partial charge < -0.3 is 14.2 Å². The van der Waals surface area contributed by atoms with Crippen molar-refractivity contribution >= 4 is 41.0 Å². The molecule has 0 fully saturated rings. The van der Waals surface area contributed by atoms with E-state index < -0.39 is 18.0 Å². The summed E-state index contributed by atoms with van der Waals surface area (Å²) in [5.74, 6) is -0.441. The van der Waals surface area contributed by atoms with Crippen LogP contribution in [0.3, 0.4) is 0 Å². The van der Waals surface area contributed by atoms with Gasteiger partial charge in [0.25, 0.3) is 5.56 Å². The fourth-order valence-corrected chi connectivity index (χ4v) is 5.27. The van der Waals surface area contributed by atoms with Gasteiger partial charge in [0.1, 0.15) is 0 Å². The van der Waals surface area contributed by atoms with Gasteiger partial charge in [-0.3, -0.25) is 14.2 Å². The maximum Gasteiger partial charge on any atom is 0.338 e. The van der Waals surface area contributed by atoms with Crippen LogP contribution in [0, 0.1) is 5.92 Å². The lowest BCUT2D eigenvalue weighted by molar-refractivity contribution is -0.140. The number of thiazole rings is 1. The number of hydrogen-bond acceptors (Lipinski definition) is 8. The molecule has 8 nitrogen and oxygen atoms in total. The number of ether oxygens (including phenoxy) is 3. The van der Waals surface area contributed by atoms with Crippen molar-refractivity contribution in [2.45, 2.75) is 33.7 Å². The standard InChI is InChI=1S/C28H27ClN2O6S/c1-15(2)14-36-27(34)24-16(3)30-28-31(26(33)23(38-28)13-18-8-6-7-9-20(18)29)25(24)19-10-11-21(37-17(4)32)22(12-19)35-5/h6-13,15,25H,14H2,1-5H3. The lowest BCUT2D eigenvalue weighted by atomic mass is 9.95. The third-order valence-electron chi connectivity index (χ3n) is 5.74. The summed E-state index contributed by atoms with van der Waals surface area (Å²) in [6.45, 7) is 7.10. The first-order chi connectivity index (χ1) is 18.1. The molecule has 0 radical (unpaired) electrons. The Balaban J connectivity index is 1.94. The average Bonchev–Trinajstić information content (AvgIpc) is 3.17. The maximum absolute atomic E-state index is 13.8. The van der Waals surface area contributed by atoms with Gasteiger partial charge >= 0.3 is 11.9 Å². The molecule has 0 bridgehead atoms. The van der Waals surface area contributed by atoms with Gasteiger partial charge in [-0.15, -0.1) is 0 Å². The average molecular weight is 555 g/mol. The summed E-state index contributed by atoms with van der Waals surface area (Å²) < 4.78 is 18.2. The van der Waals surface area contributed by atoms with Gasteiger partial charge in [0.15, 0.2) is 16.3 Å². The number of esters is 2. The highest BCUT2D eigenvalue weighted by Crippen LogP contribution is 2.36. The lowest BCUT2D eigenvalue weighted by Gasteiger charge is -2.25. The summed E-state index contributed by atoms with van der Waals surface area (Å²) in [5.41, 5.74) is 1.61. The fourth-order valence-electron chi connectivity index (χ4n) is 4.04. The van der Waals surface area contributed by atoms with E-state index in [0.717, 1.165) is 0 Å². The van der Waals surface area contributed by atoms with Crippen LogP contribution in [0.2, 0.25) is 5.02 Å². The molecule has 0 spiro atoms. The molecule has 10 heteroatoms. The normalized spacial score (nSPS) is 15.2. The number of rotatable bonds is 7. The van der Waals surface area contributed by atoms with Crippen LogP contribution in [0.15, 0.2) is 63.5 Å². The summed E-state index contributed by atoms with van der Waals surface area (Å²) in [4.78, 5) is 43.7. The number of allylic oxidation sites excluding steroid dienone is 1. The Morgan fingerprint density at radius 2 is 1.92 bits per heavy atom. The van der Waals surface area contributed by atoms with Gasteiger partial charge in [-0.1, -0.05) is 61.1 Å². The van der Waals surface area contributed by atoms with Crippen LogP contribution < -0.4 is 24.4 Å². The SMILES string of the molecule is COc1cc(C2C(C(=O)OCC(C)C)=C(C)N=c3sc(=Cc4ccccc4Cl)c(=O)n32)ccc1OC(C)=O. The Hall–Kier alpha value is -3.69. The molecule has 38 heavy (non-hydrogen) atoms. The van der Waals surface area contributed by atoms with E-state index in [9.17, 15) is 14.4 Å². The molecule has 2 aromatic carbocycles. The summed E-state index contributed by atoms with van der Waals surface area (Å²) in [6.07, 6.45) is 1.71. The number of nitrogens with zero attached hydrogens (tertiary/aromatic N) is 2. The molecule has 0 amide bonds. The molecular formula is C28H27ClN2O6S. The molecular weight excluding hydrogens is 528 g/mol. The van der Waals surface area contributed by atoms with Crippen molar-refractivity contribution in [1.29, 1.82) is 0 Å². The molecule has 1 atom stereocenters. The number of aromatic nitrogens is 1. The second-order valence-electron chi connectivity index (χ2n) is 9.10. The monoisotopic (exact) mass is 554 g/mol. The van der Waals surface area contributed by atoms with E-state index in [1.54, 1.807) is 37.3 Å². The van der Waals surface area contributed by atoms with Crippen LogP contribution in [0.4, 0.5) is 0 Å². The Morgan fingerprint density at radius 1 is 1.18 bits per heavy atom. The molecule has 1 aromatic heterocycles. The zero-order chi connectivity index (χ0) is 27.6. The van der Waals surface area contributed by atoms with Crippen molar-refractivity contribution in [2.24, 2.45) is 10.9 Å². The van der Waals surface area contributed by atoms with E-state index >= 15 is 0 Å². The molecule has 0 aliphatic carbocycles. The van der Waals surface area contributed by atoms with Crippen molar-refractivity contribution < 1.29 is 23.8 Å². The molecule has 4 rings (SSSR count). The largest absolute Gasteiger partial charge is 0.493 e. The van der Waals surface area contributed by atoms with E-state index in [2.05, 4.69) is 4.99 Å².